The Kier molecular flexibility index (Phi) is 7.96. The van der Waals surface area contributed by atoms with Crippen LogP contribution in [0.3, 0.4) is 0 Å². The van der Waals surface area contributed by atoms with Crippen LogP contribution in [0.5, 0.6) is 0 Å². The Morgan fingerprint density at radius 3 is 2.13 bits per heavy atom. The molecule has 1 nitrogen and oxygen atoms in total. The van der Waals surface area contributed by atoms with Crippen LogP contribution in [0.1, 0.15) is 127 Å². The summed E-state index contributed by atoms with van der Waals surface area (Å²) in [5.41, 5.74) is 4.44. The molecule has 0 N–H and O–H groups in total. The van der Waals surface area contributed by atoms with E-state index >= 15 is 0 Å². The lowest BCUT2D eigenvalue weighted by atomic mass is 9.51. The van der Waals surface area contributed by atoms with Crippen LogP contribution in [-0.4, -0.2) is 12.7 Å². The van der Waals surface area contributed by atoms with Gasteiger partial charge < -0.3 is 4.74 Å². The highest BCUT2D eigenvalue weighted by atomic mass is 16.5. The average molecular weight is 423 g/mol. The number of hydrogen-bond donors (Lipinski definition) is 0. The van der Waals surface area contributed by atoms with E-state index < -0.39 is 0 Å². The molecule has 172 valence electrons. The molecule has 31 heavy (non-hydrogen) atoms. The summed E-state index contributed by atoms with van der Waals surface area (Å²) < 4.78 is 6.12. The second kappa shape index (κ2) is 10.7. The highest BCUT2D eigenvalue weighted by Crippen LogP contribution is 2.59. The minimum atomic E-state index is 0.470. The normalized spacial score (nSPS) is 33.2. The molecule has 0 aliphatic heterocycles. The Balaban J connectivity index is 1.25. The summed E-state index contributed by atoms with van der Waals surface area (Å²) in [6, 6.07) is 9.98. The molecular weight excluding hydrogens is 376 g/mol. The smallest absolute Gasteiger partial charge is 0.0651 e. The summed E-state index contributed by atoms with van der Waals surface area (Å²) in [4.78, 5) is 0. The summed E-state index contributed by atoms with van der Waals surface area (Å²) in [5, 5.41) is 0. The van der Waals surface area contributed by atoms with Gasteiger partial charge in [-0.2, -0.15) is 0 Å². The van der Waals surface area contributed by atoms with Crippen molar-refractivity contribution < 1.29 is 4.74 Å². The van der Waals surface area contributed by atoms with Crippen molar-refractivity contribution >= 4 is 0 Å². The molecule has 0 heterocycles. The van der Waals surface area contributed by atoms with Crippen molar-refractivity contribution in [2.75, 3.05) is 6.61 Å². The van der Waals surface area contributed by atoms with Crippen molar-refractivity contribution in [2.24, 2.45) is 5.41 Å². The van der Waals surface area contributed by atoms with Gasteiger partial charge in [0, 0.05) is 0 Å². The summed E-state index contributed by atoms with van der Waals surface area (Å²) in [6.07, 6.45) is 25.3. The first kappa shape index (κ1) is 23.1. The van der Waals surface area contributed by atoms with Crippen LogP contribution in [0.4, 0.5) is 0 Å². The number of ether oxygens (including phenoxy) is 1. The second-order valence-electron chi connectivity index (χ2n) is 11.1. The van der Waals surface area contributed by atoms with Crippen molar-refractivity contribution in [1.82, 2.24) is 0 Å². The number of unbranched alkanes of at least 4 members (excludes halogenated alkanes) is 2. The maximum atomic E-state index is 6.12. The molecule has 4 aliphatic rings. The maximum Gasteiger partial charge on any atom is 0.0651 e. The molecule has 1 aromatic rings. The lowest BCUT2D eigenvalue weighted by molar-refractivity contribution is 0.0320. The molecule has 0 radical (unpaired) electrons. The van der Waals surface area contributed by atoms with Gasteiger partial charge in [-0.1, -0.05) is 69.5 Å². The van der Waals surface area contributed by atoms with E-state index in [2.05, 4.69) is 50.3 Å². The van der Waals surface area contributed by atoms with Crippen molar-refractivity contribution in [1.29, 1.82) is 0 Å². The van der Waals surface area contributed by atoms with Crippen LogP contribution in [0.15, 0.2) is 36.4 Å². The lowest BCUT2D eigenvalue weighted by Gasteiger charge is -2.54. The molecule has 0 spiro atoms. The second-order valence-corrected chi connectivity index (χ2v) is 11.1. The minimum absolute atomic E-state index is 0.470. The van der Waals surface area contributed by atoms with Gasteiger partial charge in [-0.05, 0) is 105 Å². The molecule has 4 saturated carbocycles. The number of rotatable bonds is 10. The topological polar surface area (TPSA) is 9.23 Å². The fourth-order valence-corrected chi connectivity index (χ4v) is 6.97. The average Bonchev–Trinajstić information content (AvgIpc) is 2.83. The van der Waals surface area contributed by atoms with Gasteiger partial charge in [-0.25, -0.2) is 0 Å². The van der Waals surface area contributed by atoms with Crippen LogP contribution < -0.4 is 0 Å². The Labute approximate surface area is 192 Å². The predicted octanol–water partition coefficient (Wildman–Crippen LogP) is 8.87. The Hall–Kier alpha value is -1.08. The molecular formula is C30H46O. The molecule has 0 saturated heterocycles. The Bertz CT molecular complexity index is 667. The van der Waals surface area contributed by atoms with Gasteiger partial charge in [-0.3, -0.25) is 0 Å². The molecule has 0 aromatic heterocycles. The van der Waals surface area contributed by atoms with Crippen molar-refractivity contribution in [3.05, 3.63) is 47.5 Å². The van der Waals surface area contributed by atoms with E-state index in [9.17, 15) is 0 Å². The molecule has 4 aliphatic carbocycles. The van der Waals surface area contributed by atoms with Gasteiger partial charge in [0.25, 0.3) is 0 Å². The first-order valence-corrected chi connectivity index (χ1v) is 13.6. The van der Waals surface area contributed by atoms with Crippen LogP contribution >= 0.6 is 0 Å². The Morgan fingerprint density at radius 1 is 0.839 bits per heavy atom. The summed E-state index contributed by atoms with van der Waals surface area (Å²) in [5.74, 6) is 0.737. The zero-order valence-corrected chi connectivity index (χ0v) is 20.3. The fourth-order valence-electron chi connectivity index (χ4n) is 6.97. The lowest BCUT2D eigenvalue weighted by Crippen LogP contribution is -2.44. The SMILES string of the molecule is CCCCC=CCOC1CCC(c2ccc(C34CCC(CCC)(CC3)CC4)cc2)CC1. The van der Waals surface area contributed by atoms with Crippen molar-refractivity contribution in [3.8, 4) is 0 Å². The molecule has 0 unspecified atom stereocenters. The molecule has 4 fully saturated rings. The van der Waals surface area contributed by atoms with Gasteiger partial charge in [0.05, 0.1) is 12.7 Å². The summed E-state index contributed by atoms with van der Waals surface area (Å²) in [6.45, 7) is 5.42. The minimum Gasteiger partial charge on any atom is -0.374 e. The molecule has 0 amide bonds. The summed E-state index contributed by atoms with van der Waals surface area (Å²) >= 11 is 0. The highest BCUT2D eigenvalue weighted by Gasteiger charge is 2.48. The quantitative estimate of drug-likeness (QED) is 0.270. The first-order valence-electron chi connectivity index (χ1n) is 13.6. The van der Waals surface area contributed by atoms with E-state index in [0.717, 1.165) is 12.5 Å². The molecule has 2 bridgehead atoms. The van der Waals surface area contributed by atoms with Crippen molar-refractivity contribution in [3.63, 3.8) is 0 Å². The van der Waals surface area contributed by atoms with E-state index in [1.165, 1.54) is 96.3 Å². The number of fused-ring (bicyclic) bond motifs is 3. The van der Waals surface area contributed by atoms with Crippen LogP contribution in [-0.2, 0) is 10.2 Å². The zero-order chi connectivity index (χ0) is 21.6. The van der Waals surface area contributed by atoms with Crippen LogP contribution in [0, 0.1) is 5.41 Å². The van der Waals surface area contributed by atoms with E-state index in [0.29, 0.717) is 16.9 Å². The van der Waals surface area contributed by atoms with Crippen molar-refractivity contribution in [2.45, 2.75) is 128 Å². The number of hydrogen-bond acceptors (Lipinski definition) is 1. The monoisotopic (exact) mass is 422 g/mol. The molecule has 1 heteroatoms. The van der Waals surface area contributed by atoms with E-state index in [4.69, 9.17) is 4.74 Å². The third-order valence-corrected chi connectivity index (χ3v) is 9.17. The number of allylic oxidation sites excluding steroid dienone is 1. The van der Waals surface area contributed by atoms with Gasteiger partial charge in [0.2, 0.25) is 0 Å². The first-order chi connectivity index (χ1) is 15.2. The predicted molar refractivity (Wildman–Crippen MR) is 133 cm³/mol. The van der Waals surface area contributed by atoms with E-state index in [-0.39, 0.29) is 0 Å². The third kappa shape index (κ3) is 5.47. The van der Waals surface area contributed by atoms with E-state index in [1.807, 2.05) is 0 Å². The zero-order valence-electron chi connectivity index (χ0n) is 20.3. The van der Waals surface area contributed by atoms with Gasteiger partial charge >= 0.3 is 0 Å². The van der Waals surface area contributed by atoms with E-state index in [1.54, 1.807) is 11.1 Å². The van der Waals surface area contributed by atoms with Gasteiger partial charge in [0.15, 0.2) is 0 Å². The standard InChI is InChI=1S/C30H46O/c1-3-5-6-7-8-24-31-28-15-11-26(12-16-28)25-9-13-27(14-10-25)30-21-18-29(17-4-2,19-22-30)20-23-30/h7-10,13-14,26,28H,3-6,11-12,15-24H2,1-2H3. The fraction of sp³-hybridized carbons (Fsp3) is 0.733. The third-order valence-electron chi connectivity index (χ3n) is 9.17. The number of benzene rings is 1. The largest absolute Gasteiger partial charge is 0.374 e. The van der Waals surface area contributed by atoms with Gasteiger partial charge in [-0.15, -0.1) is 0 Å². The molecule has 1 aromatic carbocycles. The molecule has 0 atom stereocenters. The Morgan fingerprint density at radius 2 is 1.52 bits per heavy atom. The molecule has 5 rings (SSSR count). The van der Waals surface area contributed by atoms with Crippen LogP contribution in [0.25, 0.3) is 0 Å². The maximum absolute atomic E-state index is 6.12. The van der Waals surface area contributed by atoms with Crippen LogP contribution in [0.2, 0.25) is 0 Å². The summed E-state index contributed by atoms with van der Waals surface area (Å²) in [7, 11) is 0. The highest BCUT2D eigenvalue weighted by molar-refractivity contribution is 5.33. The van der Waals surface area contributed by atoms with Gasteiger partial charge in [0.1, 0.15) is 0 Å².